The Labute approximate surface area is 136 Å². The SMILES string of the molecule is Cc1cc(C(CC(=O)O)B2OC(C)(C)C(C)(C)O2)ccc1Cl. The summed E-state index contributed by atoms with van der Waals surface area (Å²) in [5, 5.41) is 9.91. The minimum absolute atomic E-state index is 0.0576. The van der Waals surface area contributed by atoms with Crippen LogP contribution in [-0.4, -0.2) is 29.4 Å². The number of benzene rings is 1. The highest BCUT2D eigenvalue weighted by Crippen LogP contribution is 2.42. The van der Waals surface area contributed by atoms with Crippen molar-refractivity contribution in [1.29, 1.82) is 0 Å². The van der Waals surface area contributed by atoms with E-state index in [4.69, 9.17) is 20.9 Å². The molecule has 1 aliphatic heterocycles. The van der Waals surface area contributed by atoms with Crippen molar-refractivity contribution in [3.05, 3.63) is 34.3 Å². The number of hydrogen-bond acceptors (Lipinski definition) is 3. The van der Waals surface area contributed by atoms with E-state index in [-0.39, 0.29) is 12.2 Å². The van der Waals surface area contributed by atoms with Crippen molar-refractivity contribution in [2.24, 2.45) is 0 Å². The van der Waals surface area contributed by atoms with Crippen LogP contribution in [-0.2, 0) is 14.1 Å². The largest absolute Gasteiger partial charge is 0.481 e. The van der Waals surface area contributed by atoms with Gasteiger partial charge in [0.25, 0.3) is 0 Å². The van der Waals surface area contributed by atoms with Crippen LogP contribution in [0.3, 0.4) is 0 Å². The molecule has 0 spiro atoms. The Kier molecular flexibility index (Phi) is 4.62. The molecule has 0 saturated carbocycles. The van der Waals surface area contributed by atoms with E-state index >= 15 is 0 Å². The molecule has 120 valence electrons. The summed E-state index contributed by atoms with van der Waals surface area (Å²) < 4.78 is 12.1. The summed E-state index contributed by atoms with van der Waals surface area (Å²) in [6.07, 6.45) is -0.0576. The molecule has 1 heterocycles. The smallest absolute Gasteiger partial charge is 0.466 e. The van der Waals surface area contributed by atoms with E-state index in [0.717, 1.165) is 11.1 Å². The molecule has 1 saturated heterocycles. The topological polar surface area (TPSA) is 55.8 Å². The van der Waals surface area contributed by atoms with Crippen LogP contribution in [0.15, 0.2) is 18.2 Å². The molecule has 1 aromatic carbocycles. The first-order chi connectivity index (χ1) is 10.0. The van der Waals surface area contributed by atoms with Crippen LogP contribution in [0.1, 0.15) is 51.1 Å². The molecule has 0 bridgehead atoms. The third kappa shape index (κ3) is 3.32. The van der Waals surface area contributed by atoms with Gasteiger partial charge in [0, 0.05) is 10.8 Å². The maximum Gasteiger partial charge on any atom is 0.466 e. The molecule has 2 rings (SSSR count). The molecule has 1 aromatic rings. The third-order valence-electron chi connectivity index (χ3n) is 4.60. The molecule has 0 amide bonds. The molecule has 0 radical (unpaired) electrons. The molecular formula is C16H22BClO4. The normalized spacial score (nSPS) is 20.9. The Balaban J connectivity index is 2.35. The monoisotopic (exact) mass is 324 g/mol. The summed E-state index contributed by atoms with van der Waals surface area (Å²) in [7, 11) is -0.596. The number of carboxylic acid groups (broad SMARTS) is 1. The van der Waals surface area contributed by atoms with Crippen LogP contribution < -0.4 is 0 Å². The Morgan fingerprint density at radius 2 is 1.82 bits per heavy atom. The summed E-state index contributed by atoms with van der Waals surface area (Å²) >= 11 is 6.06. The molecule has 4 nitrogen and oxygen atoms in total. The Morgan fingerprint density at radius 3 is 2.27 bits per heavy atom. The third-order valence-corrected chi connectivity index (χ3v) is 5.03. The lowest BCUT2D eigenvalue weighted by molar-refractivity contribution is -0.137. The molecule has 1 fully saturated rings. The number of carbonyl (C=O) groups is 1. The number of hydrogen-bond donors (Lipinski definition) is 1. The molecule has 0 aromatic heterocycles. The van der Waals surface area contributed by atoms with Gasteiger partial charge in [-0.1, -0.05) is 23.7 Å². The predicted octanol–water partition coefficient (Wildman–Crippen LogP) is 3.84. The van der Waals surface area contributed by atoms with E-state index in [2.05, 4.69) is 0 Å². The van der Waals surface area contributed by atoms with Gasteiger partial charge in [-0.05, 0) is 51.8 Å². The predicted molar refractivity (Wildman–Crippen MR) is 87.3 cm³/mol. The van der Waals surface area contributed by atoms with Crippen LogP contribution in [0, 0.1) is 6.92 Å². The van der Waals surface area contributed by atoms with E-state index < -0.39 is 24.3 Å². The van der Waals surface area contributed by atoms with Gasteiger partial charge in [0.1, 0.15) is 0 Å². The first-order valence-electron chi connectivity index (χ1n) is 7.37. The van der Waals surface area contributed by atoms with Crippen LogP contribution in [0.5, 0.6) is 0 Å². The number of aliphatic carboxylic acids is 1. The Morgan fingerprint density at radius 1 is 1.27 bits per heavy atom. The van der Waals surface area contributed by atoms with Crippen molar-refractivity contribution in [2.45, 2.75) is 58.1 Å². The van der Waals surface area contributed by atoms with E-state index in [1.54, 1.807) is 6.07 Å². The van der Waals surface area contributed by atoms with Gasteiger partial charge >= 0.3 is 13.1 Å². The minimum Gasteiger partial charge on any atom is -0.481 e. The molecular weight excluding hydrogens is 302 g/mol. The summed E-state index contributed by atoms with van der Waals surface area (Å²) in [5.41, 5.74) is 0.792. The van der Waals surface area contributed by atoms with Crippen molar-refractivity contribution in [3.8, 4) is 0 Å². The molecule has 1 aliphatic rings. The molecule has 6 heteroatoms. The zero-order valence-corrected chi connectivity index (χ0v) is 14.4. The van der Waals surface area contributed by atoms with Crippen LogP contribution in [0.25, 0.3) is 0 Å². The standard InChI is InChI=1S/C16H22BClO4/c1-10-8-11(6-7-13(10)18)12(9-14(19)20)17-21-15(2,3)16(4,5)22-17/h6-8,12H,9H2,1-5H3,(H,19,20). The summed E-state index contributed by atoms with van der Waals surface area (Å²) in [4.78, 5) is 11.3. The van der Waals surface area contributed by atoms with Gasteiger partial charge in [0.15, 0.2) is 0 Å². The fraction of sp³-hybridized carbons (Fsp3) is 0.562. The van der Waals surface area contributed by atoms with Gasteiger partial charge in [-0.2, -0.15) is 0 Å². The average molecular weight is 325 g/mol. The van der Waals surface area contributed by atoms with Gasteiger partial charge in [0.2, 0.25) is 0 Å². The van der Waals surface area contributed by atoms with E-state index in [1.807, 2.05) is 46.8 Å². The highest BCUT2D eigenvalue weighted by Gasteiger charge is 2.54. The fourth-order valence-electron chi connectivity index (χ4n) is 2.51. The van der Waals surface area contributed by atoms with Crippen molar-refractivity contribution in [3.63, 3.8) is 0 Å². The second kappa shape index (κ2) is 5.87. The lowest BCUT2D eigenvalue weighted by Gasteiger charge is -2.32. The van der Waals surface area contributed by atoms with Crippen LogP contribution in [0.4, 0.5) is 0 Å². The first kappa shape index (κ1) is 17.3. The molecule has 22 heavy (non-hydrogen) atoms. The summed E-state index contributed by atoms with van der Waals surface area (Å²) in [6, 6.07) is 5.53. The zero-order valence-electron chi connectivity index (χ0n) is 13.6. The highest BCUT2D eigenvalue weighted by atomic mass is 35.5. The molecule has 1 atom stereocenters. The fourth-order valence-corrected chi connectivity index (χ4v) is 2.63. The van der Waals surface area contributed by atoms with Gasteiger partial charge in [-0.15, -0.1) is 0 Å². The van der Waals surface area contributed by atoms with E-state index in [9.17, 15) is 9.90 Å². The van der Waals surface area contributed by atoms with Crippen molar-refractivity contribution >= 4 is 24.7 Å². The minimum atomic E-state index is -0.882. The Hall–Kier alpha value is -1.04. The van der Waals surface area contributed by atoms with Gasteiger partial charge in [0.05, 0.1) is 17.6 Å². The average Bonchev–Trinajstić information content (AvgIpc) is 2.59. The zero-order chi connectivity index (χ0) is 16.7. The van der Waals surface area contributed by atoms with E-state index in [0.29, 0.717) is 5.02 Å². The highest BCUT2D eigenvalue weighted by molar-refractivity contribution is 6.48. The summed E-state index contributed by atoms with van der Waals surface area (Å²) in [5.74, 6) is -1.26. The number of rotatable bonds is 4. The van der Waals surface area contributed by atoms with Crippen molar-refractivity contribution < 1.29 is 19.2 Å². The van der Waals surface area contributed by atoms with Gasteiger partial charge in [-0.25, -0.2) is 0 Å². The van der Waals surface area contributed by atoms with Gasteiger partial charge in [-0.3, -0.25) is 4.79 Å². The number of carboxylic acids is 1. The number of aryl methyl sites for hydroxylation is 1. The quantitative estimate of drug-likeness (QED) is 0.855. The molecule has 0 aliphatic carbocycles. The molecule has 1 N–H and O–H groups in total. The van der Waals surface area contributed by atoms with Gasteiger partial charge < -0.3 is 14.4 Å². The first-order valence-corrected chi connectivity index (χ1v) is 7.75. The second-order valence-corrected chi connectivity index (χ2v) is 7.24. The van der Waals surface area contributed by atoms with Crippen LogP contribution >= 0.6 is 11.6 Å². The Bertz CT molecular complexity index is 570. The lowest BCUT2D eigenvalue weighted by Crippen LogP contribution is -2.41. The maximum absolute atomic E-state index is 11.3. The van der Waals surface area contributed by atoms with Crippen LogP contribution in [0.2, 0.25) is 5.02 Å². The van der Waals surface area contributed by atoms with E-state index in [1.165, 1.54) is 0 Å². The van der Waals surface area contributed by atoms with Crippen molar-refractivity contribution in [1.82, 2.24) is 0 Å². The lowest BCUT2D eigenvalue weighted by atomic mass is 9.66. The molecule has 1 unspecified atom stereocenters. The number of halogens is 1. The van der Waals surface area contributed by atoms with Crippen molar-refractivity contribution in [2.75, 3.05) is 0 Å². The summed E-state index contributed by atoms with van der Waals surface area (Å²) in [6.45, 7) is 9.72. The maximum atomic E-state index is 11.3. The second-order valence-electron chi connectivity index (χ2n) is 6.84.